The third-order valence-corrected chi connectivity index (χ3v) is 13.9. The van der Waals surface area contributed by atoms with Crippen LogP contribution in [0.3, 0.4) is 0 Å². The number of fused-ring (bicyclic) bond motifs is 1. The summed E-state index contributed by atoms with van der Waals surface area (Å²) in [6.45, 7) is 2.49. The molecule has 0 fully saturated rings. The first-order valence-electron chi connectivity index (χ1n) is 29.1. The lowest BCUT2D eigenvalue weighted by molar-refractivity contribution is -0.154. The number of nitrogens with one attached hydrogen (secondary N) is 3. The second-order valence-electron chi connectivity index (χ2n) is 20.9. The lowest BCUT2D eigenvalue weighted by Gasteiger charge is -2.32. The number of nitrogens with two attached hydrogens (primary N) is 2. The highest BCUT2D eigenvalue weighted by atomic mass is 16.6. The molecule has 1 aromatic carbocycles. The molecular formula is C58H94N10O10. The van der Waals surface area contributed by atoms with Gasteiger partial charge in [-0.25, -0.2) is 14.8 Å². The number of amides is 3. The zero-order chi connectivity index (χ0) is 56.8. The monoisotopic (exact) mass is 1090 g/mol. The fourth-order valence-corrected chi connectivity index (χ4v) is 9.04. The summed E-state index contributed by atoms with van der Waals surface area (Å²) in [6.07, 6.45) is 31.3. The minimum absolute atomic E-state index is 0.0107. The quantitative estimate of drug-likeness (QED) is 0.0205. The molecule has 20 heteroatoms. The molecule has 3 amide bonds. The van der Waals surface area contributed by atoms with Gasteiger partial charge in [-0.1, -0.05) is 168 Å². The number of aromatic nitrogens is 4. The molecule has 3 aromatic rings. The van der Waals surface area contributed by atoms with E-state index in [4.69, 9.17) is 20.9 Å². The number of carbonyl (C=O) groups excluding carboxylic acids is 5. The van der Waals surface area contributed by atoms with Crippen LogP contribution in [0.1, 0.15) is 223 Å². The first kappa shape index (κ1) is 66.1. The van der Waals surface area contributed by atoms with Crippen LogP contribution in [0.5, 0.6) is 0 Å². The van der Waals surface area contributed by atoms with E-state index < -0.39 is 73.6 Å². The Morgan fingerprint density at radius 1 is 0.641 bits per heavy atom. The van der Waals surface area contributed by atoms with E-state index in [0.29, 0.717) is 36.3 Å². The van der Waals surface area contributed by atoms with Crippen molar-refractivity contribution in [3.8, 4) is 0 Å². The Hall–Kier alpha value is -6.18. The molecule has 0 aliphatic carbocycles. The van der Waals surface area contributed by atoms with Gasteiger partial charge < -0.3 is 52.0 Å². The van der Waals surface area contributed by atoms with Crippen molar-refractivity contribution in [2.24, 2.45) is 0 Å². The molecule has 2 heterocycles. The van der Waals surface area contributed by atoms with Crippen molar-refractivity contribution >= 4 is 64.2 Å². The zero-order valence-electron chi connectivity index (χ0n) is 47.3. The highest BCUT2D eigenvalue weighted by molar-refractivity contribution is 5.97. The van der Waals surface area contributed by atoms with Crippen molar-refractivity contribution in [2.75, 3.05) is 49.8 Å². The summed E-state index contributed by atoms with van der Waals surface area (Å²) in [5, 5.41) is 28.0. The third-order valence-electron chi connectivity index (χ3n) is 13.9. The van der Waals surface area contributed by atoms with E-state index in [0.717, 1.165) is 38.5 Å². The number of nitrogens with zero attached hydrogens (tertiary/aromatic N) is 5. The van der Waals surface area contributed by atoms with Gasteiger partial charge in [-0.2, -0.15) is 9.97 Å². The van der Waals surface area contributed by atoms with Crippen molar-refractivity contribution in [3.05, 3.63) is 41.7 Å². The number of aliphatic hydroxyl groups is 1. The summed E-state index contributed by atoms with van der Waals surface area (Å²) < 4.78 is 11.1. The molecule has 9 N–H and O–H groups in total. The maximum Gasteiger partial charge on any atom is 0.326 e. The molecule has 0 saturated carbocycles. The van der Waals surface area contributed by atoms with Crippen molar-refractivity contribution < 1.29 is 48.5 Å². The molecule has 0 unspecified atom stereocenters. The van der Waals surface area contributed by atoms with E-state index in [9.17, 15) is 39.0 Å². The lowest BCUT2D eigenvalue weighted by atomic mass is 10.0. The molecule has 0 radical (unpaired) electrons. The van der Waals surface area contributed by atoms with Crippen LogP contribution >= 0.6 is 0 Å². The molecule has 0 spiro atoms. The maximum atomic E-state index is 13.3. The van der Waals surface area contributed by atoms with Crippen LogP contribution < -0.4 is 32.3 Å². The topological polar surface area (TPSA) is 304 Å². The predicted octanol–water partition coefficient (Wildman–Crippen LogP) is 9.20. The SMILES string of the molecule is CCCCCCCCCCCCCCCC(=O)OCC(CO)(COC(=O)CCCCCCCCCCCCCCC)NC(=O)CNC(=O)CC[C@H](NC(=O)c1ccc(N(C)Cc2cnc3nc(N)nc(N)c3n2)cc1)C(=O)O. The Labute approximate surface area is 463 Å². The minimum atomic E-state index is -1.70. The second kappa shape index (κ2) is 39.2. The molecule has 1 atom stereocenters. The van der Waals surface area contributed by atoms with E-state index in [1.54, 1.807) is 25.4 Å². The van der Waals surface area contributed by atoms with Crippen LogP contribution in [0.15, 0.2) is 30.5 Å². The number of ether oxygens (including phenoxy) is 2. The molecule has 0 saturated heterocycles. The summed E-state index contributed by atoms with van der Waals surface area (Å²) in [7, 11) is 1.81. The van der Waals surface area contributed by atoms with Gasteiger partial charge in [-0.05, 0) is 43.5 Å². The van der Waals surface area contributed by atoms with Crippen LogP contribution in [0.2, 0.25) is 0 Å². The summed E-state index contributed by atoms with van der Waals surface area (Å²) in [6, 6.07) is 4.97. The molecule has 78 heavy (non-hydrogen) atoms. The summed E-state index contributed by atoms with van der Waals surface area (Å²) >= 11 is 0. The molecule has 0 aliphatic heterocycles. The average molecular weight is 1090 g/mol. The molecule has 436 valence electrons. The first-order valence-corrected chi connectivity index (χ1v) is 29.1. The highest BCUT2D eigenvalue weighted by Crippen LogP contribution is 2.21. The molecule has 0 aliphatic rings. The van der Waals surface area contributed by atoms with Gasteiger partial charge in [0.05, 0.1) is 31.6 Å². The van der Waals surface area contributed by atoms with E-state index in [-0.39, 0.29) is 48.7 Å². The summed E-state index contributed by atoms with van der Waals surface area (Å²) in [5.41, 5.74) is 12.0. The Morgan fingerprint density at radius 3 is 1.58 bits per heavy atom. The number of aliphatic hydroxyl groups excluding tert-OH is 1. The van der Waals surface area contributed by atoms with Gasteiger partial charge in [0, 0.05) is 37.6 Å². The third kappa shape index (κ3) is 27.9. The zero-order valence-corrected chi connectivity index (χ0v) is 47.3. The van der Waals surface area contributed by atoms with Gasteiger partial charge in [-0.3, -0.25) is 24.0 Å². The number of aliphatic carboxylic acids is 1. The van der Waals surface area contributed by atoms with Gasteiger partial charge in [0.25, 0.3) is 5.91 Å². The second-order valence-corrected chi connectivity index (χ2v) is 20.9. The first-order chi connectivity index (χ1) is 37.7. The predicted molar refractivity (Wildman–Crippen MR) is 304 cm³/mol. The Morgan fingerprint density at radius 2 is 1.12 bits per heavy atom. The van der Waals surface area contributed by atoms with Gasteiger partial charge in [0.15, 0.2) is 17.0 Å². The number of nitrogen functional groups attached to an aromatic ring is 2. The van der Waals surface area contributed by atoms with E-state index in [1.165, 1.54) is 128 Å². The summed E-state index contributed by atoms with van der Waals surface area (Å²) in [5.74, 6) is -4.44. The number of anilines is 3. The normalized spacial score (nSPS) is 11.7. The van der Waals surface area contributed by atoms with Crippen molar-refractivity contribution in [2.45, 2.75) is 225 Å². The molecule has 0 bridgehead atoms. The van der Waals surface area contributed by atoms with Gasteiger partial charge in [0.2, 0.25) is 17.8 Å². The number of hydrogen-bond donors (Lipinski definition) is 7. The lowest BCUT2D eigenvalue weighted by Crippen LogP contribution is -2.60. The number of esters is 2. The fraction of sp³-hybridized carbons (Fsp3) is 0.690. The molecule has 2 aromatic heterocycles. The molecular weight excluding hydrogens is 997 g/mol. The highest BCUT2D eigenvalue weighted by Gasteiger charge is 2.35. The van der Waals surface area contributed by atoms with Crippen LogP contribution in [0.25, 0.3) is 11.2 Å². The molecule has 20 nitrogen and oxygen atoms in total. The van der Waals surface area contributed by atoms with E-state index in [1.807, 2.05) is 4.90 Å². The number of benzene rings is 1. The number of carboxylic acids is 1. The van der Waals surface area contributed by atoms with Crippen LogP contribution in [0.4, 0.5) is 17.5 Å². The Kier molecular flexibility index (Phi) is 33.2. The van der Waals surface area contributed by atoms with Gasteiger partial charge >= 0.3 is 17.9 Å². The van der Waals surface area contributed by atoms with E-state index in [2.05, 4.69) is 49.7 Å². The number of hydrogen-bond acceptors (Lipinski definition) is 16. The summed E-state index contributed by atoms with van der Waals surface area (Å²) in [4.78, 5) is 96.0. The van der Waals surface area contributed by atoms with Crippen LogP contribution in [-0.4, -0.2) is 111 Å². The van der Waals surface area contributed by atoms with Crippen LogP contribution in [0, 0.1) is 0 Å². The minimum Gasteiger partial charge on any atom is -0.480 e. The standard InChI is InChI=1S/C58H94N10O10/c1-4-6-8-10-12-14-16-18-20-22-24-26-28-30-50(72)77-42-58(41-69,43-78-51(73)31-29-27-25-23-21-19-17-15-13-11-9-7-5-2)67-49(71)39-61-48(70)37-36-47(56(75)76)64-55(74)44-32-34-46(35-33-44)68(3)40-45-38-62-54-52(63-45)53(59)65-57(60)66-54/h32-35,38,47,69H,4-31,36-37,39-43H2,1-3H3,(H,61,70)(H,64,74)(H,67,71)(H,75,76)(H4,59,60,62,65,66)/t47-/m0/s1. The smallest absolute Gasteiger partial charge is 0.326 e. The fourth-order valence-electron chi connectivity index (χ4n) is 9.04. The van der Waals surface area contributed by atoms with Crippen molar-refractivity contribution in [1.82, 2.24) is 35.9 Å². The Balaban J connectivity index is 1.47. The average Bonchev–Trinajstić information content (AvgIpc) is 3.44. The Bertz CT molecular complexity index is 2190. The van der Waals surface area contributed by atoms with E-state index >= 15 is 0 Å². The number of carboxylic acid groups (broad SMARTS) is 1. The maximum absolute atomic E-state index is 13.3. The number of unbranched alkanes of at least 4 members (excludes halogenated alkanes) is 24. The van der Waals surface area contributed by atoms with Gasteiger partial charge in [-0.15, -0.1) is 0 Å². The van der Waals surface area contributed by atoms with Crippen LogP contribution in [-0.2, 0) is 40.0 Å². The van der Waals surface area contributed by atoms with Gasteiger partial charge in [0.1, 0.15) is 24.8 Å². The van der Waals surface area contributed by atoms with Crippen molar-refractivity contribution in [3.63, 3.8) is 0 Å². The van der Waals surface area contributed by atoms with Crippen molar-refractivity contribution in [1.29, 1.82) is 0 Å². The largest absolute Gasteiger partial charge is 0.480 e. The number of rotatable bonds is 45. The number of carbonyl (C=O) groups is 6. The molecule has 3 rings (SSSR count).